The van der Waals surface area contributed by atoms with Crippen molar-refractivity contribution in [1.29, 1.82) is 0 Å². The number of carbonyl (C=O) groups is 2. The molecule has 1 N–H and O–H groups in total. The van der Waals surface area contributed by atoms with Crippen LogP contribution in [0.2, 0.25) is 5.02 Å². The molecule has 38 heavy (non-hydrogen) atoms. The van der Waals surface area contributed by atoms with Gasteiger partial charge in [-0.2, -0.15) is 0 Å². The average Bonchev–Trinajstić information content (AvgIpc) is 3.17. The van der Waals surface area contributed by atoms with E-state index in [1.54, 1.807) is 49.6 Å². The number of nitrogens with zero attached hydrogens (tertiary/aromatic N) is 1. The van der Waals surface area contributed by atoms with Gasteiger partial charge in [-0.3, -0.25) is 14.5 Å². The lowest BCUT2D eigenvalue weighted by atomic mass is 10.1. The van der Waals surface area contributed by atoms with Gasteiger partial charge in [0.1, 0.15) is 5.75 Å². The molecule has 3 aromatic carbocycles. The number of amides is 2. The molecule has 0 atom stereocenters. The molecule has 3 aromatic rings. The Bertz CT molecular complexity index is 1390. The molecule has 0 bridgehead atoms. The number of aryl methyl sites for hydroxylation is 1. The molecule has 0 unspecified atom stereocenters. The van der Waals surface area contributed by atoms with Crippen molar-refractivity contribution in [2.75, 3.05) is 30.5 Å². The van der Waals surface area contributed by atoms with Crippen LogP contribution in [-0.2, 0) is 9.59 Å². The monoisotopic (exact) mass is 568 g/mol. The molecule has 4 rings (SSSR count). The Morgan fingerprint density at radius 3 is 2.47 bits per heavy atom. The maximum absolute atomic E-state index is 13.2. The number of methoxy groups -OCH3 is 1. The molecule has 1 aliphatic heterocycles. The molecule has 1 aliphatic rings. The smallest absolute Gasteiger partial charge is 0.270 e. The molecule has 0 spiro atoms. The molecular formula is C28H25ClN2O5S2. The van der Waals surface area contributed by atoms with Crippen molar-refractivity contribution >= 4 is 69.2 Å². The summed E-state index contributed by atoms with van der Waals surface area (Å²) in [5, 5.41) is 3.03. The third kappa shape index (κ3) is 6.48. The van der Waals surface area contributed by atoms with Gasteiger partial charge in [0.2, 0.25) is 0 Å². The summed E-state index contributed by atoms with van der Waals surface area (Å²) >= 11 is 13.2. The Hall–Kier alpha value is -3.53. The van der Waals surface area contributed by atoms with E-state index in [0.717, 1.165) is 5.56 Å². The zero-order chi connectivity index (χ0) is 27.2. The molecule has 0 saturated carbocycles. The first-order valence-electron chi connectivity index (χ1n) is 11.7. The molecule has 0 aliphatic carbocycles. The number of benzene rings is 3. The number of hydrogen-bond donors (Lipinski definition) is 1. The number of nitrogens with one attached hydrogen (secondary N) is 1. The van der Waals surface area contributed by atoms with Crippen molar-refractivity contribution in [3.05, 3.63) is 81.7 Å². The Balaban J connectivity index is 1.51. The second-order valence-corrected chi connectivity index (χ2v) is 10.3. The predicted octanol–water partition coefficient (Wildman–Crippen LogP) is 6.48. The maximum atomic E-state index is 13.2. The summed E-state index contributed by atoms with van der Waals surface area (Å²) in [4.78, 5) is 27.5. The largest absolute Gasteiger partial charge is 0.497 e. The zero-order valence-electron chi connectivity index (χ0n) is 20.9. The van der Waals surface area contributed by atoms with Crippen LogP contribution in [0, 0.1) is 6.92 Å². The Morgan fingerprint density at radius 2 is 1.82 bits per heavy atom. The van der Waals surface area contributed by atoms with Crippen LogP contribution >= 0.6 is 35.6 Å². The highest BCUT2D eigenvalue weighted by Gasteiger charge is 2.33. The summed E-state index contributed by atoms with van der Waals surface area (Å²) in [6.07, 6.45) is 1.70. The van der Waals surface area contributed by atoms with E-state index in [9.17, 15) is 9.59 Å². The van der Waals surface area contributed by atoms with E-state index in [1.807, 2.05) is 38.1 Å². The van der Waals surface area contributed by atoms with Crippen molar-refractivity contribution in [1.82, 2.24) is 0 Å². The highest BCUT2D eigenvalue weighted by atomic mass is 35.5. The van der Waals surface area contributed by atoms with Crippen LogP contribution in [0.5, 0.6) is 17.2 Å². The molecule has 0 radical (unpaired) electrons. The van der Waals surface area contributed by atoms with Gasteiger partial charge in [-0.05, 0) is 74.0 Å². The summed E-state index contributed by atoms with van der Waals surface area (Å²) < 4.78 is 17.1. The van der Waals surface area contributed by atoms with E-state index in [0.29, 0.717) is 44.3 Å². The summed E-state index contributed by atoms with van der Waals surface area (Å²) in [5.74, 6) is 0.712. The third-order valence-corrected chi connectivity index (χ3v) is 7.02. The Morgan fingerprint density at radius 1 is 1.11 bits per heavy atom. The second-order valence-electron chi connectivity index (χ2n) is 8.18. The molecule has 1 saturated heterocycles. The molecule has 0 aromatic heterocycles. The van der Waals surface area contributed by atoms with Gasteiger partial charge in [-0.1, -0.05) is 53.3 Å². The minimum absolute atomic E-state index is 0.243. The fourth-order valence-corrected chi connectivity index (χ4v) is 5.19. The van der Waals surface area contributed by atoms with Crippen LogP contribution in [0.1, 0.15) is 18.1 Å². The predicted molar refractivity (Wildman–Crippen MR) is 157 cm³/mol. The van der Waals surface area contributed by atoms with Crippen LogP contribution < -0.4 is 24.4 Å². The Labute approximate surface area is 235 Å². The van der Waals surface area contributed by atoms with Crippen molar-refractivity contribution in [3.63, 3.8) is 0 Å². The van der Waals surface area contributed by atoms with Crippen LogP contribution in [0.15, 0.2) is 65.6 Å². The van der Waals surface area contributed by atoms with Gasteiger partial charge >= 0.3 is 0 Å². The molecule has 196 valence electrons. The van der Waals surface area contributed by atoms with Gasteiger partial charge in [0.15, 0.2) is 22.4 Å². The number of rotatable bonds is 9. The maximum Gasteiger partial charge on any atom is 0.270 e. The number of carbonyl (C=O) groups excluding carboxylic acids is 2. The molecule has 10 heteroatoms. The van der Waals surface area contributed by atoms with E-state index in [-0.39, 0.29) is 29.2 Å². The van der Waals surface area contributed by atoms with Gasteiger partial charge in [-0.15, -0.1) is 0 Å². The van der Waals surface area contributed by atoms with Gasteiger partial charge in [-0.25, -0.2) is 0 Å². The van der Waals surface area contributed by atoms with E-state index >= 15 is 0 Å². The topological polar surface area (TPSA) is 77.1 Å². The first-order chi connectivity index (χ1) is 18.3. The molecule has 2 amide bonds. The van der Waals surface area contributed by atoms with Gasteiger partial charge in [0, 0.05) is 5.69 Å². The fraction of sp³-hybridized carbons (Fsp3) is 0.179. The zero-order valence-corrected chi connectivity index (χ0v) is 23.3. The number of thioether (sulfide) groups is 1. The Kier molecular flexibility index (Phi) is 8.93. The van der Waals surface area contributed by atoms with E-state index in [4.69, 9.17) is 38.0 Å². The minimum atomic E-state index is -0.335. The van der Waals surface area contributed by atoms with E-state index < -0.39 is 0 Å². The number of ether oxygens (including phenoxy) is 3. The van der Waals surface area contributed by atoms with Gasteiger partial charge in [0.25, 0.3) is 11.8 Å². The van der Waals surface area contributed by atoms with Crippen LogP contribution in [-0.4, -0.2) is 36.5 Å². The number of anilines is 2. The number of halogens is 1. The lowest BCUT2D eigenvalue weighted by molar-refractivity contribution is -0.118. The number of hydrogen-bond acceptors (Lipinski definition) is 7. The lowest BCUT2D eigenvalue weighted by Gasteiger charge is -2.15. The van der Waals surface area contributed by atoms with Crippen molar-refractivity contribution in [2.24, 2.45) is 0 Å². The van der Waals surface area contributed by atoms with Gasteiger partial charge < -0.3 is 19.5 Å². The first-order valence-corrected chi connectivity index (χ1v) is 13.3. The van der Waals surface area contributed by atoms with Crippen LogP contribution in [0.25, 0.3) is 6.08 Å². The highest BCUT2D eigenvalue weighted by Crippen LogP contribution is 2.40. The fourth-order valence-electron chi connectivity index (χ4n) is 3.62. The van der Waals surface area contributed by atoms with Crippen molar-refractivity contribution in [2.45, 2.75) is 13.8 Å². The van der Waals surface area contributed by atoms with Crippen molar-refractivity contribution < 1.29 is 23.8 Å². The number of thiocarbonyl (C=S) groups is 1. The second kappa shape index (κ2) is 12.3. The summed E-state index contributed by atoms with van der Waals surface area (Å²) in [5.41, 5.74) is 3.04. The standard InChI is InChI=1S/C28H25ClN2O5S2/c1-4-35-23-14-18(13-22(29)26(23)36-16-25(32)30-19-7-5-17(2)6-8-19)15-24-27(33)31(28(37)38-24)20-9-11-21(34-3)12-10-20/h5-15H,4,16H2,1-3H3,(H,30,32)/b24-15-. The van der Waals surface area contributed by atoms with Crippen LogP contribution in [0.4, 0.5) is 11.4 Å². The summed E-state index contributed by atoms with van der Waals surface area (Å²) in [6, 6.07) is 17.9. The molecular weight excluding hydrogens is 544 g/mol. The molecule has 1 fully saturated rings. The lowest BCUT2D eigenvalue weighted by Crippen LogP contribution is -2.27. The van der Waals surface area contributed by atoms with E-state index in [1.165, 1.54) is 16.7 Å². The minimum Gasteiger partial charge on any atom is -0.497 e. The summed E-state index contributed by atoms with van der Waals surface area (Å²) in [7, 11) is 1.58. The SMILES string of the molecule is CCOc1cc(/C=C2\SC(=S)N(c3ccc(OC)cc3)C2=O)cc(Cl)c1OCC(=O)Nc1ccc(C)cc1. The van der Waals surface area contributed by atoms with E-state index in [2.05, 4.69) is 5.32 Å². The molecule has 7 nitrogen and oxygen atoms in total. The third-order valence-electron chi connectivity index (χ3n) is 5.44. The normalized spacial score (nSPS) is 14.1. The summed E-state index contributed by atoms with van der Waals surface area (Å²) in [6.45, 7) is 3.89. The average molecular weight is 569 g/mol. The first kappa shape index (κ1) is 27.5. The highest BCUT2D eigenvalue weighted by molar-refractivity contribution is 8.27. The van der Waals surface area contributed by atoms with Crippen molar-refractivity contribution in [3.8, 4) is 17.2 Å². The van der Waals surface area contributed by atoms with Crippen LogP contribution in [0.3, 0.4) is 0 Å². The molecule has 1 heterocycles. The van der Waals surface area contributed by atoms with Gasteiger partial charge in [0.05, 0.1) is 29.3 Å². The quantitative estimate of drug-likeness (QED) is 0.234.